The van der Waals surface area contributed by atoms with Crippen LogP contribution in [0.5, 0.6) is 23.0 Å². The Morgan fingerprint density at radius 3 is 1.53 bits per heavy atom. The summed E-state index contributed by atoms with van der Waals surface area (Å²) in [6.07, 6.45) is 0. The van der Waals surface area contributed by atoms with Crippen LogP contribution in [0.25, 0.3) is 0 Å². The van der Waals surface area contributed by atoms with Crippen molar-refractivity contribution in [2.24, 2.45) is 0 Å². The highest BCUT2D eigenvalue weighted by atomic mass is 35.5. The molecular formula is C38H45ClO12S2. The number of carbonyl (C=O) groups excluding carboxylic acids is 2. The molecule has 4 rings (SSSR count). The predicted molar refractivity (Wildman–Crippen MR) is 204 cm³/mol. The van der Waals surface area contributed by atoms with Gasteiger partial charge in [-0.2, -0.15) is 0 Å². The van der Waals surface area contributed by atoms with Gasteiger partial charge in [-0.1, -0.05) is 12.1 Å². The third-order valence-electron chi connectivity index (χ3n) is 7.27. The molecule has 0 saturated heterocycles. The van der Waals surface area contributed by atoms with E-state index in [1.165, 1.54) is 26.0 Å². The van der Waals surface area contributed by atoms with Crippen LogP contribution in [0, 0.1) is 0 Å². The largest absolute Gasteiger partial charge is 0.508 e. The fraction of sp³-hybridized carbons (Fsp3) is 0.316. The van der Waals surface area contributed by atoms with Crippen LogP contribution in [-0.4, -0.2) is 70.0 Å². The van der Waals surface area contributed by atoms with E-state index in [2.05, 4.69) is 12.6 Å². The lowest BCUT2D eigenvalue weighted by atomic mass is 10.0. The van der Waals surface area contributed by atoms with Gasteiger partial charge in [0, 0.05) is 20.9 Å². The van der Waals surface area contributed by atoms with Crippen molar-refractivity contribution in [3.05, 3.63) is 106 Å². The van der Waals surface area contributed by atoms with E-state index >= 15 is 0 Å². The summed E-state index contributed by atoms with van der Waals surface area (Å²) < 4.78 is 20.5. The molecule has 0 aliphatic heterocycles. The van der Waals surface area contributed by atoms with Gasteiger partial charge in [0.05, 0.1) is 53.9 Å². The molecule has 2 atom stereocenters. The van der Waals surface area contributed by atoms with E-state index in [1.807, 2.05) is 0 Å². The van der Waals surface area contributed by atoms with E-state index in [4.69, 9.17) is 35.7 Å². The minimum atomic E-state index is -0.980. The molecule has 6 N–H and O–H groups in total. The molecule has 0 aliphatic carbocycles. The minimum Gasteiger partial charge on any atom is -0.508 e. The third-order valence-corrected chi connectivity index (χ3v) is 9.25. The summed E-state index contributed by atoms with van der Waals surface area (Å²) in [5.41, 5.74) is 2.96. The summed E-state index contributed by atoms with van der Waals surface area (Å²) >= 11 is 11.3. The monoisotopic (exact) mass is 792 g/mol. The molecule has 0 saturated carbocycles. The zero-order valence-electron chi connectivity index (χ0n) is 29.7. The molecule has 0 heterocycles. The molecule has 53 heavy (non-hydrogen) atoms. The van der Waals surface area contributed by atoms with Gasteiger partial charge in [0.15, 0.2) is 5.38 Å². The Hall–Kier alpha value is -4.15. The molecular weight excluding hydrogens is 748 g/mol. The molecule has 4 aromatic rings. The fourth-order valence-electron chi connectivity index (χ4n) is 4.69. The van der Waals surface area contributed by atoms with Crippen molar-refractivity contribution in [2.45, 2.75) is 60.7 Å². The Labute approximate surface area is 323 Å². The number of aliphatic hydroxyl groups excluding tert-OH is 4. The van der Waals surface area contributed by atoms with E-state index in [0.717, 1.165) is 9.79 Å². The number of alkyl halides is 1. The summed E-state index contributed by atoms with van der Waals surface area (Å²) in [5, 5.41) is 54.2. The zero-order valence-corrected chi connectivity index (χ0v) is 32.2. The highest BCUT2D eigenvalue weighted by Gasteiger charge is 2.26. The van der Waals surface area contributed by atoms with Crippen molar-refractivity contribution in [3.8, 4) is 23.0 Å². The van der Waals surface area contributed by atoms with Gasteiger partial charge in [0.1, 0.15) is 28.2 Å². The van der Waals surface area contributed by atoms with Gasteiger partial charge >= 0.3 is 11.9 Å². The van der Waals surface area contributed by atoms with Crippen LogP contribution < -0.4 is 9.47 Å². The molecule has 0 aliphatic rings. The molecule has 0 fully saturated rings. The van der Waals surface area contributed by atoms with Crippen LogP contribution in [0.3, 0.4) is 0 Å². The van der Waals surface area contributed by atoms with E-state index in [1.54, 1.807) is 86.6 Å². The smallest absolute Gasteiger partial charge is 0.328 e. The Morgan fingerprint density at radius 2 is 1.11 bits per heavy atom. The number of halogens is 1. The quantitative estimate of drug-likeness (QED) is 0.0342. The number of thiol groups is 1. The van der Waals surface area contributed by atoms with Crippen molar-refractivity contribution in [2.75, 3.05) is 27.4 Å². The fourth-order valence-corrected chi connectivity index (χ4v) is 6.03. The zero-order chi connectivity index (χ0) is 39.5. The standard InChI is InChI=1S/C19H22O6S.C13H17ClO5.C6H6OS/c1-3-25-19(23)18(26-15-6-4-14(22)5-7-15)12-8-13(10-20)16(11-21)17(9-12)24-2;1-3-19-13(17)12(14)8-4-9(6-15)10(7-16)11(5-8)18-2;7-5-1-3-6(8)4-2-5/h4-9,18,20-22H,3,10-11H2,1-2H3;4-5,12,15-16H,3,6-7H2,1-2H3;1-4,7-8H. The molecule has 288 valence electrons. The second-order valence-corrected chi connectivity index (χ2v) is 12.9. The molecule has 12 nitrogen and oxygen atoms in total. The minimum absolute atomic E-state index is 0.138. The van der Waals surface area contributed by atoms with Crippen LogP contribution in [0.2, 0.25) is 0 Å². The molecule has 0 amide bonds. The van der Waals surface area contributed by atoms with E-state index < -0.39 is 22.6 Å². The summed E-state index contributed by atoms with van der Waals surface area (Å²) in [5.74, 6) is 0.204. The lowest BCUT2D eigenvalue weighted by Gasteiger charge is -2.19. The van der Waals surface area contributed by atoms with Gasteiger partial charge in [0.25, 0.3) is 0 Å². The van der Waals surface area contributed by atoms with Crippen molar-refractivity contribution in [3.63, 3.8) is 0 Å². The number of phenols is 2. The van der Waals surface area contributed by atoms with Gasteiger partial charge in [0.2, 0.25) is 0 Å². The van der Waals surface area contributed by atoms with Crippen molar-refractivity contribution in [1.29, 1.82) is 0 Å². The predicted octanol–water partition coefficient (Wildman–Crippen LogP) is 5.99. The molecule has 4 aromatic carbocycles. The highest BCUT2D eigenvalue weighted by Crippen LogP contribution is 2.40. The third kappa shape index (κ3) is 13.6. The highest BCUT2D eigenvalue weighted by molar-refractivity contribution is 8.00. The van der Waals surface area contributed by atoms with E-state index in [9.17, 15) is 35.1 Å². The lowest BCUT2D eigenvalue weighted by Crippen LogP contribution is -2.14. The number of phenolic OH excluding ortho intramolecular Hbond substituents is 2. The van der Waals surface area contributed by atoms with Crippen LogP contribution >= 0.6 is 36.0 Å². The summed E-state index contributed by atoms with van der Waals surface area (Å²) in [6, 6.07) is 19.6. The van der Waals surface area contributed by atoms with Crippen LogP contribution in [-0.2, 0) is 45.5 Å². The summed E-state index contributed by atoms with van der Waals surface area (Å²) in [4.78, 5) is 25.8. The second-order valence-electron chi connectivity index (χ2n) is 10.7. The molecule has 2 unspecified atom stereocenters. The number of aromatic hydroxyl groups is 2. The van der Waals surface area contributed by atoms with Gasteiger partial charge < -0.3 is 49.6 Å². The number of hydrogen-bond acceptors (Lipinski definition) is 14. The number of benzene rings is 4. The first-order valence-electron chi connectivity index (χ1n) is 16.1. The van der Waals surface area contributed by atoms with Gasteiger partial charge in [-0.25, -0.2) is 0 Å². The van der Waals surface area contributed by atoms with Crippen molar-refractivity contribution >= 4 is 47.9 Å². The Morgan fingerprint density at radius 1 is 0.679 bits per heavy atom. The van der Waals surface area contributed by atoms with Gasteiger partial charge in [-0.05, 0) is 96.8 Å². The number of aliphatic hydroxyl groups is 4. The molecule has 0 bridgehead atoms. The normalized spacial score (nSPS) is 11.5. The first-order chi connectivity index (χ1) is 25.4. The van der Waals surface area contributed by atoms with Crippen LogP contribution in [0.4, 0.5) is 0 Å². The number of esters is 2. The Kier molecular flexibility index (Phi) is 20.0. The van der Waals surface area contributed by atoms with Gasteiger partial charge in [-0.3, -0.25) is 9.59 Å². The summed E-state index contributed by atoms with van der Waals surface area (Å²) in [7, 11) is 2.90. The molecule has 0 aromatic heterocycles. The number of rotatable bonds is 14. The number of carbonyl (C=O) groups is 2. The second kappa shape index (κ2) is 23.5. The Balaban J connectivity index is 0.000000313. The average Bonchev–Trinajstić information content (AvgIpc) is 3.17. The van der Waals surface area contributed by atoms with Crippen molar-refractivity contribution < 1.29 is 59.2 Å². The summed E-state index contributed by atoms with van der Waals surface area (Å²) in [6.45, 7) is 2.77. The topological polar surface area (TPSA) is 192 Å². The van der Waals surface area contributed by atoms with Crippen molar-refractivity contribution in [1.82, 2.24) is 0 Å². The van der Waals surface area contributed by atoms with E-state index in [-0.39, 0.29) is 51.1 Å². The average molecular weight is 793 g/mol. The maximum absolute atomic E-state index is 12.5. The number of methoxy groups -OCH3 is 2. The number of thioether (sulfide) groups is 1. The van der Waals surface area contributed by atoms with E-state index in [0.29, 0.717) is 44.9 Å². The number of ether oxygens (including phenoxy) is 4. The maximum atomic E-state index is 12.5. The molecule has 0 spiro atoms. The molecule has 0 radical (unpaired) electrons. The van der Waals surface area contributed by atoms with Gasteiger partial charge in [-0.15, -0.1) is 36.0 Å². The first kappa shape index (κ1) is 45.0. The molecule has 15 heteroatoms. The maximum Gasteiger partial charge on any atom is 0.328 e. The lowest BCUT2D eigenvalue weighted by molar-refractivity contribution is -0.143. The SMILES string of the molecule is CCOC(=O)C(Cl)c1cc(CO)c(CO)c(OC)c1.CCOC(=O)C(Sc1ccc(O)cc1)c1cc(CO)c(CO)c(OC)c1.Oc1ccc(S)cc1. The Bertz CT molecular complexity index is 1670. The number of hydrogen-bond donors (Lipinski definition) is 7. The van der Waals surface area contributed by atoms with Crippen LogP contribution in [0.1, 0.15) is 57.9 Å². The van der Waals surface area contributed by atoms with Crippen LogP contribution in [0.15, 0.2) is 82.6 Å². The first-order valence-corrected chi connectivity index (χ1v) is 17.9.